The van der Waals surface area contributed by atoms with Gasteiger partial charge in [0.25, 0.3) is 0 Å². The van der Waals surface area contributed by atoms with Crippen molar-refractivity contribution in [2.24, 2.45) is 0 Å². The number of amides is 1. The van der Waals surface area contributed by atoms with E-state index in [-0.39, 0.29) is 18.0 Å². The van der Waals surface area contributed by atoms with E-state index in [1.807, 2.05) is 78.6 Å². The number of carbonyl (C=O) groups is 1. The maximum atomic E-state index is 13.0. The van der Waals surface area contributed by atoms with E-state index >= 15 is 0 Å². The van der Waals surface area contributed by atoms with E-state index in [9.17, 15) is 9.35 Å². The molecule has 4 nitrogen and oxygen atoms in total. The van der Waals surface area contributed by atoms with Crippen LogP contribution in [0.3, 0.4) is 0 Å². The summed E-state index contributed by atoms with van der Waals surface area (Å²) in [6, 6.07) is 16.2. The predicted molar refractivity (Wildman–Crippen MR) is 105 cm³/mol. The fourth-order valence-corrected chi connectivity index (χ4v) is 4.46. The Hall–Kier alpha value is -1.82. The Morgan fingerprint density at radius 3 is 2.42 bits per heavy atom. The smallest absolute Gasteiger partial charge is 0.227 e. The molecule has 3 rings (SSSR count). The van der Waals surface area contributed by atoms with Gasteiger partial charge in [-0.3, -0.25) is 4.79 Å². The number of hydrogen-bond acceptors (Lipinski definition) is 3. The SMILES string of the molecule is CC(C)N1Cc2ccc([S+]([O-])N(C)C(C)c3ccccc3)cc2CC1=O. The first-order chi connectivity index (χ1) is 12.4. The minimum atomic E-state index is -1.28. The molecule has 0 radical (unpaired) electrons. The summed E-state index contributed by atoms with van der Waals surface area (Å²) in [6.45, 7) is 6.75. The molecule has 0 aliphatic carbocycles. The first-order valence-electron chi connectivity index (χ1n) is 8.99. The third kappa shape index (κ3) is 3.80. The summed E-state index contributed by atoms with van der Waals surface area (Å²) in [4.78, 5) is 15.0. The van der Waals surface area contributed by atoms with Crippen LogP contribution < -0.4 is 0 Å². The predicted octanol–water partition coefficient (Wildman–Crippen LogP) is 3.70. The fraction of sp³-hybridized carbons (Fsp3) is 0.381. The second-order valence-electron chi connectivity index (χ2n) is 7.10. The molecule has 5 heteroatoms. The second-order valence-corrected chi connectivity index (χ2v) is 8.65. The Labute approximate surface area is 159 Å². The monoisotopic (exact) mass is 370 g/mol. The molecule has 2 aromatic rings. The van der Waals surface area contributed by atoms with Crippen LogP contribution >= 0.6 is 0 Å². The number of hydrogen-bond donors (Lipinski definition) is 0. The maximum Gasteiger partial charge on any atom is 0.227 e. The van der Waals surface area contributed by atoms with Crippen LogP contribution in [0.25, 0.3) is 0 Å². The minimum Gasteiger partial charge on any atom is -0.593 e. The molecule has 2 unspecified atom stereocenters. The van der Waals surface area contributed by atoms with Crippen LogP contribution in [0, 0.1) is 0 Å². The Balaban J connectivity index is 1.80. The molecule has 2 atom stereocenters. The van der Waals surface area contributed by atoms with Gasteiger partial charge in [-0.2, -0.15) is 0 Å². The van der Waals surface area contributed by atoms with Gasteiger partial charge in [-0.15, -0.1) is 4.31 Å². The lowest BCUT2D eigenvalue weighted by Gasteiger charge is -2.32. The highest BCUT2D eigenvalue weighted by Crippen LogP contribution is 2.29. The summed E-state index contributed by atoms with van der Waals surface area (Å²) in [5.74, 6) is 0.140. The molecule has 1 aliphatic rings. The van der Waals surface area contributed by atoms with Gasteiger partial charge in [-0.1, -0.05) is 36.4 Å². The van der Waals surface area contributed by atoms with Crippen molar-refractivity contribution in [2.75, 3.05) is 7.05 Å². The third-order valence-electron chi connectivity index (χ3n) is 5.09. The molecule has 1 amide bonds. The van der Waals surface area contributed by atoms with E-state index < -0.39 is 11.4 Å². The van der Waals surface area contributed by atoms with E-state index in [1.165, 1.54) is 0 Å². The Bertz CT molecular complexity index is 779. The summed E-state index contributed by atoms with van der Waals surface area (Å²) in [7, 11) is 1.87. The van der Waals surface area contributed by atoms with Gasteiger partial charge in [0.05, 0.1) is 23.8 Å². The van der Waals surface area contributed by atoms with Gasteiger partial charge in [0.15, 0.2) is 4.90 Å². The van der Waals surface area contributed by atoms with E-state index in [2.05, 4.69) is 6.92 Å². The molecule has 1 aliphatic heterocycles. The van der Waals surface area contributed by atoms with Crippen molar-refractivity contribution in [1.82, 2.24) is 9.21 Å². The highest BCUT2D eigenvalue weighted by atomic mass is 32.2. The standard InChI is InChI=1S/C21H26N2O2S/c1-15(2)23-14-18-10-11-20(12-19(18)13-21(23)24)26(25)22(4)16(3)17-8-6-5-7-9-17/h5-12,15-16H,13-14H2,1-4H3. The first kappa shape index (κ1) is 19.0. The second kappa shape index (κ2) is 7.82. The van der Waals surface area contributed by atoms with Crippen molar-refractivity contribution in [3.8, 4) is 0 Å². The molecule has 2 aromatic carbocycles. The lowest BCUT2D eigenvalue weighted by molar-refractivity contribution is -0.133. The largest absolute Gasteiger partial charge is 0.593 e. The maximum absolute atomic E-state index is 13.0. The van der Waals surface area contributed by atoms with Crippen molar-refractivity contribution in [2.45, 2.75) is 50.7 Å². The molecule has 0 bridgehead atoms. The zero-order valence-corrected chi connectivity index (χ0v) is 16.6. The van der Waals surface area contributed by atoms with Crippen LogP contribution in [-0.2, 0) is 29.1 Å². The van der Waals surface area contributed by atoms with Gasteiger partial charge in [-0.05, 0) is 49.6 Å². The van der Waals surface area contributed by atoms with E-state index in [4.69, 9.17) is 0 Å². The molecule has 26 heavy (non-hydrogen) atoms. The topological polar surface area (TPSA) is 46.6 Å². The van der Waals surface area contributed by atoms with Crippen molar-refractivity contribution < 1.29 is 9.35 Å². The van der Waals surface area contributed by atoms with Gasteiger partial charge in [-0.25, -0.2) is 0 Å². The lowest BCUT2D eigenvalue weighted by atomic mass is 9.98. The van der Waals surface area contributed by atoms with Crippen molar-refractivity contribution >= 4 is 17.3 Å². The molecule has 1 heterocycles. The van der Waals surface area contributed by atoms with Crippen LogP contribution in [0.2, 0.25) is 0 Å². The van der Waals surface area contributed by atoms with Gasteiger partial charge >= 0.3 is 0 Å². The van der Waals surface area contributed by atoms with E-state index in [1.54, 1.807) is 0 Å². The molecule has 138 valence electrons. The summed E-state index contributed by atoms with van der Waals surface area (Å²) in [5, 5.41) is 0. The van der Waals surface area contributed by atoms with Crippen molar-refractivity contribution in [3.05, 3.63) is 65.2 Å². The molecular formula is C21H26N2O2S. The number of benzene rings is 2. The third-order valence-corrected chi connectivity index (χ3v) is 6.59. The number of fused-ring (bicyclic) bond motifs is 1. The summed E-state index contributed by atoms with van der Waals surface area (Å²) in [5.41, 5.74) is 3.28. The molecular weight excluding hydrogens is 344 g/mol. The summed E-state index contributed by atoms with van der Waals surface area (Å²) >= 11 is -1.28. The molecule has 0 N–H and O–H groups in total. The number of rotatable bonds is 5. The highest BCUT2D eigenvalue weighted by Gasteiger charge is 2.29. The first-order valence-corrected chi connectivity index (χ1v) is 10.1. The fourth-order valence-electron chi connectivity index (χ4n) is 3.29. The van der Waals surface area contributed by atoms with Crippen LogP contribution in [0.15, 0.2) is 53.4 Å². The van der Waals surface area contributed by atoms with Crippen molar-refractivity contribution in [3.63, 3.8) is 0 Å². The quantitative estimate of drug-likeness (QED) is 0.754. The molecule has 0 saturated carbocycles. The lowest BCUT2D eigenvalue weighted by Crippen LogP contribution is -2.40. The number of carbonyl (C=O) groups excluding carboxylic acids is 1. The Morgan fingerprint density at radius 2 is 1.77 bits per heavy atom. The van der Waals surface area contributed by atoms with Gasteiger partial charge < -0.3 is 9.45 Å². The zero-order valence-electron chi connectivity index (χ0n) is 15.8. The summed E-state index contributed by atoms with van der Waals surface area (Å²) in [6.07, 6.45) is 0.385. The molecule has 0 aromatic heterocycles. The average molecular weight is 371 g/mol. The van der Waals surface area contributed by atoms with Gasteiger partial charge in [0, 0.05) is 19.6 Å². The Morgan fingerprint density at radius 1 is 1.08 bits per heavy atom. The summed E-state index contributed by atoms with van der Waals surface area (Å²) < 4.78 is 14.9. The molecule has 0 fully saturated rings. The van der Waals surface area contributed by atoms with Gasteiger partial charge in [0.1, 0.15) is 0 Å². The van der Waals surface area contributed by atoms with Gasteiger partial charge in [0.2, 0.25) is 5.91 Å². The Kier molecular flexibility index (Phi) is 5.70. The highest BCUT2D eigenvalue weighted by molar-refractivity contribution is 7.89. The van der Waals surface area contributed by atoms with E-state index in [0.29, 0.717) is 13.0 Å². The van der Waals surface area contributed by atoms with Crippen molar-refractivity contribution in [1.29, 1.82) is 0 Å². The number of nitrogens with zero attached hydrogens (tertiary/aromatic N) is 2. The van der Waals surface area contributed by atoms with Crippen LogP contribution in [0.1, 0.15) is 43.5 Å². The van der Waals surface area contributed by atoms with Crippen LogP contribution in [-0.4, -0.2) is 32.8 Å². The normalized spacial score (nSPS) is 16.7. The average Bonchev–Trinajstić information content (AvgIpc) is 2.65. The van der Waals surface area contributed by atoms with E-state index in [0.717, 1.165) is 21.6 Å². The minimum absolute atomic E-state index is 0.0335. The van der Waals surface area contributed by atoms with Crippen LogP contribution in [0.5, 0.6) is 0 Å². The zero-order chi connectivity index (χ0) is 18.8. The molecule has 0 spiro atoms. The van der Waals surface area contributed by atoms with Crippen LogP contribution in [0.4, 0.5) is 0 Å². The molecule has 0 saturated heterocycles.